The summed E-state index contributed by atoms with van der Waals surface area (Å²) in [6.45, 7) is 8.88. The molecule has 0 unspecified atom stereocenters. The molecule has 1 rings (SSSR count). The number of nitrogens with zero attached hydrogens (tertiary/aromatic N) is 3. The summed E-state index contributed by atoms with van der Waals surface area (Å²) in [5.74, 6) is 0.0143. The third kappa shape index (κ3) is 3.73. The quantitative estimate of drug-likeness (QED) is 0.637. The van der Waals surface area contributed by atoms with E-state index in [1.165, 1.54) is 12.2 Å². The minimum atomic E-state index is 0.0143. The summed E-state index contributed by atoms with van der Waals surface area (Å²) in [6, 6.07) is 0.597. The van der Waals surface area contributed by atoms with Gasteiger partial charge in [-0.25, -0.2) is 5.06 Å². The van der Waals surface area contributed by atoms with E-state index in [0.717, 1.165) is 26.2 Å². The highest BCUT2D eigenvalue weighted by Gasteiger charge is 2.21. The van der Waals surface area contributed by atoms with Gasteiger partial charge in [0.05, 0.1) is 13.7 Å². The Kier molecular flexibility index (Phi) is 5.18. The Bertz CT molecular complexity index is 225. The molecular weight excluding hydrogens is 206 g/mol. The molecule has 0 atom stereocenters. The molecule has 1 aliphatic rings. The number of carbonyl (C=O) groups excluding carboxylic acids is 1. The zero-order valence-electron chi connectivity index (χ0n) is 10.8. The molecule has 16 heavy (non-hydrogen) atoms. The monoisotopic (exact) mass is 229 g/mol. The van der Waals surface area contributed by atoms with Crippen molar-refractivity contribution in [2.75, 3.05) is 46.9 Å². The van der Waals surface area contributed by atoms with E-state index in [4.69, 9.17) is 4.84 Å². The van der Waals surface area contributed by atoms with Crippen molar-refractivity contribution in [2.24, 2.45) is 0 Å². The number of amides is 1. The first-order chi connectivity index (χ1) is 7.54. The van der Waals surface area contributed by atoms with Gasteiger partial charge in [0.1, 0.15) is 0 Å². The van der Waals surface area contributed by atoms with Gasteiger partial charge in [-0.1, -0.05) is 0 Å². The highest BCUT2D eigenvalue weighted by Crippen LogP contribution is 2.05. The van der Waals surface area contributed by atoms with Crippen molar-refractivity contribution in [3.8, 4) is 0 Å². The van der Waals surface area contributed by atoms with Crippen molar-refractivity contribution in [3.05, 3.63) is 0 Å². The van der Waals surface area contributed by atoms with Crippen molar-refractivity contribution in [1.29, 1.82) is 0 Å². The Morgan fingerprint density at radius 1 is 1.31 bits per heavy atom. The average Bonchev–Trinajstić information content (AvgIpc) is 2.28. The molecule has 0 saturated carbocycles. The predicted molar refractivity (Wildman–Crippen MR) is 62.9 cm³/mol. The summed E-state index contributed by atoms with van der Waals surface area (Å²) in [6.07, 6.45) is 0. The zero-order chi connectivity index (χ0) is 12.1. The van der Waals surface area contributed by atoms with Gasteiger partial charge < -0.3 is 0 Å². The summed E-state index contributed by atoms with van der Waals surface area (Å²) < 4.78 is 0. The summed E-state index contributed by atoms with van der Waals surface area (Å²) in [4.78, 5) is 21.1. The molecule has 1 fully saturated rings. The molecule has 1 saturated heterocycles. The largest absolute Gasteiger partial charge is 0.298 e. The fourth-order valence-electron chi connectivity index (χ4n) is 1.83. The lowest BCUT2D eigenvalue weighted by Crippen LogP contribution is -2.51. The van der Waals surface area contributed by atoms with Crippen molar-refractivity contribution < 1.29 is 9.63 Å². The van der Waals surface area contributed by atoms with E-state index in [-0.39, 0.29) is 5.91 Å². The fraction of sp³-hybridized carbons (Fsp3) is 0.909. The molecule has 0 aromatic heterocycles. The van der Waals surface area contributed by atoms with Crippen LogP contribution in [0, 0.1) is 0 Å². The minimum Gasteiger partial charge on any atom is -0.298 e. The van der Waals surface area contributed by atoms with Gasteiger partial charge in [-0.15, -0.1) is 0 Å². The van der Waals surface area contributed by atoms with Crippen LogP contribution in [0.15, 0.2) is 0 Å². The average molecular weight is 229 g/mol. The highest BCUT2D eigenvalue weighted by molar-refractivity contribution is 5.76. The van der Waals surface area contributed by atoms with Crippen LogP contribution in [0.5, 0.6) is 0 Å². The molecular formula is C11H23N3O2. The third-order valence-corrected chi connectivity index (χ3v) is 3.12. The maximum Gasteiger partial charge on any atom is 0.259 e. The molecule has 0 aromatic rings. The lowest BCUT2D eigenvalue weighted by atomic mass is 10.2. The summed E-state index contributed by atoms with van der Waals surface area (Å²) in [5.41, 5.74) is 0. The van der Waals surface area contributed by atoms with Gasteiger partial charge >= 0.3 is 0 Å². The van der Waals surface area contributed by atoms with Crippen LogP contribution in [0.3, 0.4) is 0 Å². The molecule has 0 N–H and O–H groups in total. The second kappa shape index (κ2) is 6.18. The van der Waals surface area contributed by atoms with Crippen LogP contribution in [-0.2, 0) is 9.63 Å². The van der Waals surface area contributed by atoms with Gasteiger partial charge in [-0.05, 0) is 13.8 Å². The number of hydrogen-bond donors (Lipinski definition) is 0. The normalized spacial score (nSPS) is 19.1. The molecule has 94 valence electrons. The number of hydroxylamine groups is 2. The molecule has 0 radical (unpaired) electrons. The number of hydrogen-bond acceptors (Lipinski definition) is 4. The summed E-state index contributed by atoms with van der Waals surface area (Å²) in [5, 5.41) is 1.29. The number of carbonyl (C=O) groups is 1. The molecule has 5 heteroatoms. The van der Waals surface area contributed by atoms with E-state index >= 15 is 0 Å². The molecule has 0 spiro atoms. The fourth-order valence-corrected chi connectivity index (χ4v) is 1.83. The van der Waals surface area contributed by atoms with Crippen LogP contribution in [0.4, 0.5) is 0 Å². The SMILES string of the molecule is CON(C)C(=O)CN1CCN(C(C)C)CC1. The van der Waals surface area contributed by atoms with Gasteiger partial charge in [0.2, 0.25) is 0 Å². The highest BCUT2D eigenvalue weighted by atomic mass is 16.7. The van der Waals surface area contributed by atoms with E-state index in [1.54, 1.807) is 7.05 Å². The van der Waals surface area contributed by atoms with Crippen LogP contribution < -0.4 is 0 Å². The standard InChI is InChI=1S/C11H23N3O2/c1-10(2)14-7-5-13(6-8-14)9-11(15)12(3)16-4/h10H,5-9H2,1-4H3. The Hall–Kier alpha value is -0.650. The Balaban J connectivity index is 2.29. The lowest BCUT2D eigenvalue weighted by molar-refractivity contribution is -0.170. The summed E-state index contributed by atoms with van der Waals surface area (Å²) in [7, 11) is 3.15. The van der Waals surface area contributed by atoms with Crippen LogP contribution in [0.25, 0.3) is 0 Å². The van der Waals surface area contributed by atoms with E-state index < -0.39 is 0 Å². The van der Waals surface area contributed by atoms with E-state index in [0.29, 0.717) is 12.6 Å². The van der Waals surface area contributed by atoms with Crippen molar-refractivity contribution in [2.45, 2.75) is 19.9 Å². The lowest BCUT2D eigenvalue weighted by Gasteiger charge is -2.36. The molecule has 1 aliphatic heterocycles. The summed E-state index contributed by atoms with van der Waals surface area (Å²) >= 11 is 0. The zero-order valence-corrected chi connectivity index (χ0v) is 10.8. The van der Waals surface area contributed by atoms with Crippen LogP contribution >= 0.6 is 0 Å². The number of piperazine rings is 1. The second-order valence-corrected chi connectivity index (χ2v) is 4.48. The van der Waals surface area contributed by atoms with E-state index in [1.807, 2.05) is 0 Å². The Labute approximate surface area is 97.9 Å². The number of rotatable bonds is 4. The molecule has 0 bridgehead atoms. The Morgan fingerprint density at radius 2 is 1.88 bits per heavy atom. The van der Waals surface area contributed by atoms with Gasteiger partial charge in [0.25, 0.3) is 5.91 Å². The van der Waals surface area contributed by atoms with Gasteiger partial charge in [-0.2, -0.15) is 0 Å². The molecule has 1 heterocycles. The van der Waals surface area contributed by atoms with Crippen molar-refractivity contribution in [3.63, 3.8) is 0 Å². The van der Waals surface area contributed by atoms with Crippen LogP contribution in [0.2, 0.25) is 0 Å². The molecule has 0 aliphatic carbocycles. The third-order valence-electron chi connectivity index (χ3n) is 3.12. The predicted octanol–water partition coefficient (Wildman–Crippen LogP) is 0.0322. The van der Waals surface area contributed by atoms with Crippen molar-refractivity contribution in [1.82, 2.24) is 14.9 Å². The molecule has 0 aromatic carbocycles. The minimum absolute atomic E-state index is 0.0143. The van der Waals surface area contributed by atoms with E-state index in [9.17, 15) is 4.79 Å². The maximum atomic E-state index is 11.6. The topological polar surface area (TPSA) is 36.0 Å². The molecule has 1 amide bonds. The Morgan fingerprint density at radius 3 is 2.31 bits per heavy atom. The van der Waals surface area contributed by atoms with Crippen LogP contribution in [-0.4, -0.2) is 73.7 Å². The van der Waals surface area contributed by atoms with Crippen molar-refractivity contribution >= 4 is 5.91 Å². The second-order valence-electron chi connectivity index (χ2n) is 4.48. The maximum absolute atomic E-state index is 11.6. The van der Waals surface area contributed by atoms with Crippen LogP contribution in [0.1, 0.15) is 13.8 Å². The van der Waals surface area contributed by atoms with Gasteiger partial charge in [0, 0.05) is 39.3 Å². The van der Waals surface area contributed by atoms with Gasteiger partial charge in [0.15, 0.2) is 0 Å². The smallest absolute Gasteiger partial charge is 0.259 e. The first-order valence-corrected chi connectivity index (χ1v) is 5.81. The molecule has 5 nitrogen and oxygen atoms in total. The first kappa shape index (κ1) is 13.4. The first-order valence-electron chi connectivity index (χ1n) is 5.81. The van der Waals surface area contributed by atoms with E-state index in [2.05, 4.69) is 23.6 Å². The number of likely N-dealkylation sites (N-methyl/N-ethyl adjacent to an activating group) is 1. The van der Waals surface area contributed by atoms with Gasteiger partial charge in [-0.3, -0.25) is 19.4 Å².